The van der Waals surface area contributed by atoms with Crippen LogP contribution >= 0.6 is 11.3 Å². The van der Waals surface area contributed by atoms with E-state index in [0.29, 0.717) is 5.69 Å². The first-order chi connectivity index (χ1) is 9.52. The maximum absolute atomic E-state index is 13.0. The molecule has 0 atom stereocenters. The van der Waals surface area contributed by atoms with Gasteiger partial charge < -0.3 is 10.1 Å². The van der Waals surface area contributed by atoms with Crippen LogP contribution in [0.25, 0.3) is 0 Å². The number of thiophene rings is 1. The summed E-state index contributed by atoms with van der Waals surface area (Å²) < 4.78 is 17.6. The maximum atomic E-state index is 13.0. The number of nitrogens with one attached hydrogen (secondary N) is 1. The summed E-state index contributed by atoms with van der Waals surface area (Å²) in [7, 11) is 1.26. The zero-order valence-electron chi connectivity index (χ0n) is 10.8. The smallest absolute Gasteiger partial charge is 0.350 e. The fourth-order valence-corrected chi connectivity index (χ4v) is 2.48. The lowest BCUT2D eigenvalue weighted by Crippen LogP contribution is -2.16. The molecule has 0 aliphatic rings. The Balaban J connectivity index is 2.28. The molecule has 0 aliphatic carbocycles. The molecule has 0 aromatic carbocycles. The van der Waals surface area contributed by atoms with Crippen molar-refractivity contribution in [1.29, 1.82) is 0 Å². The topological polar surface area (TPSA) is 68.3 Å². The Labute approximate surface area is 118 Å². The summed E-state index contributed by atoms with van der Waals surface area (Å²) in [4.78, 5) is 27.3. The Kier molecular flexibility index (Phi) is 4.09. The number of aromatic nitrogens is 1. The molecule has 0 fully saturated rings. The van der Waals surface area contributed by atoms with E-state index in [9.17, 15) is 14.0 Å². The summed E-state index contributed by atoms with van der Waals surface area (Å²) in [6, 6.07) is 3.92. The molecule has 0 saturated heterocycles. The third kappa shape index (κ3) is 2.83. The minimum atomic E-state index is -0.743. The summed E-state index contributed by atoms with van der Waals surface area (Å²) >= 11 is 1.17. The highest BCUT2D eigenvalue weighted by molar-refractivity contribution is 7.12. The van der Waals surface area contributed by atoms with E-state index in [1.165, 1.54) is 30.6 Å². The number of amides is 1. The van der Waals surface area contributed by atoms with Gasteiger partial charge in [0.25, 0.3) is 5.91 Å². The second kappa shape index (κ2) is 5.79. The molecule has 2 aromatic heterocycles. The monoisotopic (exact) mass is 294 g/mol. The summed E-state index contributed by atoms with van der Waals surface area (Å²) in [6.45, 7) is 1.75. The lowest BCUT2D eigenvalue weighted by atomic mass is 10.2. The van der Waals surface area contributed by atoms with Gasteiger partial charge in [-0.25, -0.2) is 9.78 Å². The van der Waals surface area contributed by atoms with Crippen LogP contribution in [0.2, 0.25) is 0 Å². The zero-order valence-corrected chi connectivity index (χ0v) is 11.6. The maximum Gasteiger partial charge on any atom is 0.350 e. The number of hydrogen-bond donors (Lipinski definition) is 1. The highest BCUT2D eigenvalue weighted by Crippen LogP contribution is 2.28. The molecule has 5 nitrogen and oxygen atoms in total. The number of halogens is 1. The zero-order chi connectivity index (χ0) is 14.7. The van der Waals surface area contributed by atoms with Crippen molar-refractivity contribution >= 4 is 28.9 Å². The van der Waals surface area contributed by atoms with Crippen LogP contribution in [-0.2, 0) is 4.74 Å². The van der Waals surface area contributed by atoms with Gasteiger partial charge >= 0.3 is 5.97 Å². The number of hydrogen-bond acceptors (Lipinski definition) is 5. The number of carbonyl (C=O) groups excluding carboxylic acids is 2. The van der Waals surface area contributed by atoms with E-state index in [2.05, 4.69) is 15.0 Å². The number of pyridine rings is 1. The number of esters is 1. The van der Waals surface area contributed by atoms with Gasteiger partial charge in [0.05, 0.1) is 12.8 Å². The summed E-state index contributed by atoms with van der Waals surface area (Å²) in [5, 5.41) is 4.28. The second-order valence-electron chi connectivity index (χ2n) is 3.91. The van der Waals surface area contributed by atoms with Gasteiger partial charge in [-0.05, 0) is 30.0 Å². The highest BCUT2D eigenvalue weighted by atomic mass is 32.1. The standard InChI is InChI=1S/C13H11FN2O3S/c1-7-6-20-11(13(18)19-2)10(7)16-12(17)8-4-3-5-9(14)15-8/h3-6H,1-2H3,(H,16,17). The molecule has 0 unspecified atom stereocenters. The SMILES string of the molecule is COC(=O)c1scc(C)c1NC(=O)c1cccc(F)n1. The van der Waals surface area contributed by atoms with Crippen molar-refractivity contribution in [3.05, 3.63) is 45.7 Å². The Hall–Kier alpha value is -2.28. The molecular formula is C13H11FN2O3S. The van der Waals surface area contributed by atoms with E-state index in [4.69, 9.17) is 0 Å². The van der Waals surface area contributed by atoms with E-state index >= 15 is 0 Å². The minimum absolute atomic E-state index is 0.0635. The average Bonchev–Trinajstić information content (AvgIpc) is 2.79. The molecular weight excluding hydrogens is 283 g/mol. The number of rotatable bonds is 3. The van der Waals surface area contributed by atoms with Gasteiger partial charge in [0.1, 0.15) is 10.6 Å². The van der Waals surface area contributed by atoms with Gasteiger partial charge in [-0.3, -0.25) is 4.79 Å². The van der Waals surface area contributed by atoms with Gasteiger partial charge in [0.2, 0.25) is 5.95 Å². The fourth-order valence-electron chi connectivity index (χ4n) is 1.55. The predicted octanol–water partition coefficient (Wildman–Crippen LogP) is 2.63. The number of ether oxygens (including phenoxy) is 1. The van der Waals surface area contributed by atoms with Gasteiger partial charge in [0.15, 0.2) is 0 Å². The molecule has 1 amide bonds. The van der Waals surface area contributed by atoms with E-state index in [-0.39, 0.29) is 10.6 Å². The third-order valence-electron chi connectivity index (χ3n) is 2.53. The third-order valence-corrected chi connectivity index (χ3v) is 3.61. The summed E-state index contributed by atoms with van der Waals surface area (Å²) in [6.07, 6.45) is 0. The number of carbonyl (C=O) groups is 2. The van der Waals surface area contributed by atoms with Crippen molar-refractivity contribution in [1.82, 2.24) is 4.98 Å². The van der Waals surface area contributed by atoms with Gasteiger partial charge in [0, 0.05) is 0 Å². The normalized spacial score (nSPS) is 10.2. The number of anilines is 1. The van der Waals surface area contributed by atoms with Gasteiger partial charge in [-0.1, -0.05) is 6.07 Å². The molecule has 0 spiro atoms. The van der Waals surface area contributed by atoms with Crippen LogP contribution in [0.4, 0.5) is 10.1 Å². The van der Waals surface area contributed by atoms with Crippen molar-refractivity contribution in [2.45, 2.75) is 6.92 Å². The molecule has 7 heteroatoms. The minimum Gasteiger partial charge on any atom is -0.465 e. The molecule has 2 heterocycles. The van der Waals surface area contributed by atoms with Crippen LogP contribution in [0.1, 0.15) is 25.7 Å². The summed E-state index contributed by atoms with van der Waals surface area (Å²) in [5.41, 5.74) is 1.02. The quantitative estimate of drug-likeness (QED) is 0.698. The Morgan fingerprint density at radius 1 is 1.40 bits per heavy atom. The van der Waals surface area contributed by atoms with Crippen molar-refractivity contribution in [3.8, 4) is 0 Å². The lowest BCUT2D eigenvalue weighted by molar-refractivity contribution is 0.0607. The Bertz CT molecular complexity index is 669. The van der Waals surface area contributed by atoms with Crippen LogP contribution in [-0.4, -0.2) is 24.0 Å². The van der Waals surface area contributed by atoms with Crippen LogP contribution in [0.3, 0.4) is 0 Å². The fraction of sp³-hybridized carbons (Fsp3) is 0.154. The molecule has 0 saturated carbocycles. The van der Waals surface area contributed by atoms with Crippen LogP contribution < -0.4 is 5.32 Å². The molecule has 20 heavy (non-hydrogen) atoms. The Morgan fingerprint density at radius 3 is 2.80 bits per heavy atom. The van der Waals surface area contributed by atoms with Gasteiger partial charge in [-0.2, -0.15) is 4.39 Å². The second-order valence-corrected chi connectivity index (χ2v) is 4.79. The average molecular weight is 294 g/mol. The van der Waals surface area contributed by atoms with Crippen LogP contribution in [0.15, 0.2) is 23.6 Å². The van der Waals surface area contributed by atoms with Crippen LogP contribution in [0.5, 0.6) is 0 Å². The number of methoxy groups -OCH3 is 1. The van der Waals surface area contributed by atoms with E-state index < -0.39 is 17.8 Å². The first-order valence-corrected chi connectivity index (χ1v) is 6.51. The van der Waals surface area contributed by atoms with E-state index in [1.807, 2.05) is 0 Å². The van der Waals surface area contributed by atoms with E-state index in [1.54, 1.807) is 12.3 Å². The van der Waals surface area contributed by atoms with Crippen molar-refractivity contribution < 1.29 is 18.7 Å². The first-order valence-electron chi connectivity index (χ1n) is 5.63. The number of aryl methyl sites for hydroxylation is 1. The predicted molar refractivity (Wildman–Crippen MR) is 72.5 cm³/mol. The molecule has 0 aliphatic heterocycles. The lowest BCUT2D eigenvalue weighted by Gasteiger charge is -2.06. The van der Waals surface area contributed by atoms with Crippen molar-refractivity contribution in [2.75, 3.05) is 12.4 Å². The number of nitrogens with zero attached hydrogens (tertiary/aromatic N) is 1. The molecule has 2 aromatic rings. The van der Waals surface area contributed by atoms with Crippen molar-refractivity contribution in [2.24, 2.45) is 0 Å². The first kappa shape index (κ1) is 14.1. The molecule has 0 radical (unpaired) electrons. The van der Waals surface area contributed by atoms with E-state index in [0.717, 1.165) is 11.6 Å². The summed E-state index contributed by atoms with van der Waals surface area (Å²) in [5.74, 6) is -1.87. The highest BCUT2D eigenvalue weighted by Gasteiger charge is 2.19. The molecule has 0 bridgehead atoms. The molecule has 2 rings (SSSR count). The largest absolute Gasteiger partial charge is 0.465 e. The molecule has 104 valence electrons. The van der Waals surface area contributed by atoms with Gasteiger partial charge in [-0.15, -0.1) is 11.3 Å². The van der Waals surface area contributed by atoms with Crippen molar-refractivity contribution in [3.63, 3.8) is 0 Å². The van der Waals surface area contributed by atoms with Crippen LogP contribution in [0, 0.1) is 12.9 Å². The Morgan fingerprint density at radius 2 is 2.15 bits per heavy atom. The molecule has 1 N–H and O–H groups in total.